The van der Waals surface area contributed by atoms with Crippen molar-refractivity contribution in [2.24, 2.45) is 0 Å². The predicted octanol–water partition coefficient (Wildman–Crippen LogP) is 2.63. The van der Waals surface area contributed by atoms with Crippen LogP contribution in [0.5, 0.6) is 5.75 Å². The van der Waals surface area contributed by atoms with E-state index in [1.165, 1.54) is 5.56 Å². The Bertz CT molecular complexity index is 961. The second kappa shape index (κ2) is 11.2. The molecule has 4 rings (SSSR count). The molecule has 1 fully saturated rings. The molecule has 31 heavy (non-hydrogen) atoms. The van der Waals surface area contributed by atoms with E-state index in [0.29, 0.717) is 19.6 Å². The third-order valence-electron chi connectivity index (χ3n) is 5.15. The monoisotopic (exact) mass is 424 g/mol. The molecule has 0 saturated carbocycles. The maximum Gasteiger partial charge on any atom is 0.290 e. The van der Waals surface area contributed by atoms with Gasteiger partial charge in [0.05, 0.1) is 32.9 Å². The summed E-state index contributed by atoms with van der Waals surface area (Å²) >= 11 is 0. The van der Waals surface area contributed by atoms with Gasteiger partial charge in [0.1, 0.15) is 11.6 Å². The Labute approximate surface area is 182 Å². The Balaban J connectivity index is 0.000000858. The molecule has 0 spiro atoms. The summed E-state index contributed by atoms with van der Waals surface area (Å²) in [6, 6.07) is 18.5. The second-order valence-electron chi connectivity index (χ2n) is 7.19. The van der Waals surface area contributed by atoms with Gasteiger partial charge in [0, 0.05) is 18.5 Å². The number of para-hydroxylation sites is 1. The van der Waals surface area contributed by atoms with E-state index >= 15 is 0 Å². The number of aromatic nitrogens is 3. The molecule has 0 amide bonds. The zero-order valence-electron chi connectivity index (χ0n) is 17.8. The van der Waals surface area contributed by atoms with Crippen LogP contribution in [0.4, 0.5) is 0 Å². The van der Waals surface area contributed by atoms with Crippen LogP contribution in [0.3, 0.4) is 0 Å². The third kappa shape index (κ3) is 5.90. The van der Waals surface area contributed by atoms with Crippen molar-refractivity contribution >= 4 is 6.47 Å². The lowest BCUT2D eigenvalue weighted by atomic mass is 10.1. The average molecular weight is 425 g/mol. The van der Waals surface area contributed by atoms with Gasteiger partial charge in [-0.15, -0.1) is 0 Å². The Hall–Kier alpha value is -3.23. The normalized spacial score (nSPS) is 16.3. The highest BCUT2D eigenvalue weighted by atomic mass is 16.5. The number of benzene rings is 2. The van der Waals surface area contributed by atoms with Crippen LogP contribution in [0.1, 0.15) is 28.8 Å². The minimum absolute atomic E-state index is 0.108. The summed E-state index contributed by atoms with van der Waals surface area (Å²) in [4.78, 5) is 15.6. The molecule has 0 radical (unpaired) electrons. The Morgan fingerprint density at radius 1 is 1.19 bits per heavy atom. The van der Waals surface area contributed by atoms with Gasteiger partial charge in [0.15, 0.2) is 5.82 Å². The van der Waals surface area contributed by atoms with Crippen molar-refractivity contribution in [2.45, 2.75) is 19.0 Å². The average Bonchev–Trinajstić information content (AvgIpc) is 3.17. The SMILES string of the molecule is COc1ccccc1Cc1nc([C@H]2COCCN2C)n(Cc2ccccc2)n1.O=CO. The highest BCUT2D eigenvalue weighted by molar-refractivity contribution is 5.35. The summed E-state index contributed by atoms with van der Waals surface area (Å²) in [7, 11) is 3.81. The lowest BCUT2D eigenvalue weighted by molar-refractivity contribution is -0.122. The van der Waals surface area contributed by atoms with Crippen molar-refractivity contribution in [3.8, 4) is 5.75 Å². The number of nitrogens with zero attached hydrogens (tertiary/aromatic N) is 4. The van der Waals surface area contributed by atoms with E-state index in [9.17, 15) is 0 Å². The fraction of sp³-hybridized carbons (Fsp3) is 0.348. The zero-order chi connectivity index (χ0) is 22.1. The molecule has 2 heterocycles. The summed E-state index contributed by atoms with van der Waals surface area (Å²) < 4.78 is 13.3. The molecule has 1 saturated heterocycles. The molecular formula is C23H28N4O4. The molecule has 1 aliphatic heterocycles. The Morgan fingerprint density at radius 2 is 1.90 bits per heavy atom. The molecule has 1 atom stereocenters. The van der Waals surface area contributed by atoms with Gasteiger partial charge >= 0.3 is 0 Å². The number of ether oxygens (including phenoxy) is 2. The van der Waals surface area contributed by atoms with Crippen molar-refractivity contribution in [1.82, 2.24) is 19.7 Å². The number of hydrogen-bond donors (Lipinski definition) is 1. The number of methoxy groups -OCH3 is 1. The van der Waals surface area contributed by atoms with E-state index in [0.717, 1.165) is 36.1 Å². The summed E-state index contributed by atoms with van der Waals surface area (Å²) in [6.07, 6.45) is 0.635. The standard InChI is InChI=1S/C22H26N4O2.CH2O2/c1-25-12-13-28-16-19(25)22-23-21(14-18-10-6-7-11-20(18)27-2)24-26(22)15-17-8-4-3-5-9-17;2-1-3/h3-11,19H,12-16H2,1-2H3;1H,(H,2,3)/t19-;/m1./s1. The Morgan fingerprint density at radius 3 is 2.61 bits per heavy atom. The van der Waals surface area contributed by atoms with Gasteiger partial charge in [0.2, 0.25) is 0 Å². The van der Waals surface area contributed by atoms with Crippen molar-refractivity contribution in [3.05, 3.63) is 77.4 Å². The molecule has 164 valence electrons. The van der Waals surface area contributed by atoms with Gasteiger partial charge in [-0.05, 0) is 18.7 Å². The number of hydrogen-bond acceptors (Lipinski definition) is 6. The molecular weight excluding hydrogens is 396 g/mol. The van der Waals surface area contributed by atoms with E-state index in [1.54, 1.807) is 7.11 Å². The third-order valence-corrected chi connectivity index (χ3v) is 5.15. The topological polar surface area (TPSA) is 89.7 Å². The largest absolute Gasteiger partial charge is 0.496 e. The van der Waals surface area contributed by atoms with Crippen LogP contribution in [-0.2, 0) is 22.5 Å². The predicted molar refractivity (Wildman–Crippen MR) is 116 cm³/mol. The molecule has 2 aromatic carbocycles. The molecule has 1 aromatic heterocycles. The van der Waals surface area contributed by atoms with Gasteiger partial charge < -0.3 is 14.6 Å². The molecule has 0 aliphatic carbocycles. The number of carbonyl (C=O) groups is 1. The highest BCUT2D eigenvalue weighted by Gasteiger charge is 2.27. The molecule has 1 N–H and O–H groups in total. The molecule has 0 bridgehead atoms. The van der Waals surface area contributed by atoms with Gasteiger partial charge in [0.25, 0.3) is 6.47 Å². The highest BCUT2D eigenvalue weighted by Crippen LogP contribution is 2.24. The lowest BCUT2D eigenvalue weighted by Gasteiger charge is -2.31. The van der Waals surface area contributed by atoms with E-state index in [-0.39, 0.29) is 12.5 Å². The first-order valence-corrected chi connectivity index (χ1v) is 10.1. The van der Waals surface area contributed by atoms with Crippen LogP contribution >= 0.6 is 0 Å². The molecule has 8 heteroatoms. The fourth-order valence-electron chi connectivity index (χ4n) is 3.57. The van der Waals surface area contributed by atoms with E-state index < -0.39 is 0 Å². The molecule has 1 aliphatic rings. The second-order valence-corrected chi connectivity index (χ2v) is 7.19. The lowest BCUT2D eigenvalue weighted by Crippen LogP contribution is -2.38. The molecule has 3 aromatic rings. The van der Waals surface area contributed by atoms with E-state index in [4.69, 9.17) is 29.5 Å². The fourth-order valence-corrected chi connectivity index (χ4v) is 3.57. The number of rotatable bonds is 6. The minimum atomic E-state index is -0.250. The van der Waals surface area contributed by atoms with Crippen LogP contribution in [0.25, 0.3) is 0 Å². The smallest absolute Gasteiger partial charge is 0.290 e. The van der Waals surface area contributed by atoms with Crippen LogP contribution in [0.2, 0.25) is 0 Å². The van der Waals surface area contributed by atoms with Gasteiger partial charge in [-0.3, -0.25) is 9.69 Å². The minimum Gasteiger partial charge on any atom is -0.496 e. The maximum absolute atomic E-state index is 8.36. The summed E-state index contributed by atoms with van der Waals surface area (Å²) in [6.45, 7) is 2.73. The van der Waals surface area contributed by atoms with Gasteiger partial charge in [-0.2, -0.15) is 5.10 Å². The molecule has 8 nitrogen and oxygen atoms in total. The number of carboxylic acid groups (broad SMARTS) is 1. The summed E-state index contributed by atoms with van der Waals surface area (Å²) in [5.41, 5.74) is 2.29. The first kappa shape index (κ1) is 22.5. The quantitative estimate of drug-likeness (QED) is 0.609. The van der Waals surface area contributed by atoms with Crippen LogP contribution < -0.4 is 4.74 Å². The van der Waals surface area contributed by atoms with Crippen LogP contribution in [0.15, 0.2) is 54.6 Å². The van der Waals surface area contributed by atoms with Crippen molar-refractivity contribution in [1.29, 1.82) is 0 Å². The number of likely N-dealkylation sites (N-methyl/N-ethyl adjacent to an activating group) is 1. The van der Waals surface area contributed by atoms with Crippen molar-refractivity contribution in [3.63, 3.8) is 0 Å². The van der Waals surface area contributed by atoms with Crippen LogP contribution in [-0.4, -0.2) is 65.2 Å². The van der Waals surface area contributed by atoms with Crippen molar-refractivity contribution < 1.29 is 19.4 Å². The first-order valence-electron chi connectivity index (χ1n) is 10.1. The summed E-state index contributed by atoms with van der Waals surface area (Å²) in [5.74, 6) is 2.62. The molecule has 0 unspecified atom stereocenters. The van der Waals surface area contributed by atoms with Crippen molar-refractivity contribution in [2.75, 3.05) is 33.9 Å². The number of morpholine rings is 1. The maximum atomic E-state index is 8.36. The Kier molecular flexibility index (Phi) is 8.14. The van der Waals surface area contributed by atoms with Gasteiger partial charge in [-0.1, -0.05) is 48.5 Å². The van der Waals surface area contributed by atoms with Crippen LogP contribution in [0, 0.1) is 0 Å². The van der Waals surface area contributed by atoms with E-state index in [2.05, 4.69) is 42.3 Å². The van der Waals surface area contributed by atoms with E-state index in [1.807, 2.05) is 28.9 Å². The zero-order valence-corrected chi connectivity index (χ0v) is 17.8. The summed E-state index contributed by atoms with van der Waals surface area (Å²) in [5, 5.41) is 11.7. The first-order chi connectivity index (χ1) is 15.2. The van der Waals surface area contributed by atoms with Gasteiger partial charge in [-0.25, -0.2) is 9.67 Å².